The second-order valence-electron chi connectivity index (χ2n) is 7.40. The van der Waals surface area contributed by atoms with Crippen molar-refractivity contribution in [3.8, 4) is 0 Å². The van der Waals surface area contributed by atoms with Gasteiger partial charge in [0.15, 0.2) is 0 Å². The van der Waals surface area contributed by atoms with Gasteiger partial charge in [-0.15, -0.1) is 0 Å². The first kappa shape index (κ1) is 15.5. The zero-order chi connectivity index (χ0) is 14.0. The second kappa shape index (κ2) is 5.60. The number of amides is 1. The van der Waals surface area contributed by atoms with Crippen LogP contribution in [0.25, 0.3) is 0 Å². The highest BCUT2D eigenvalue weighted by Crippen LogP contribution is 2.33. The molecule has 3 nitrogen and oxygen atoms in total. The largest absolute Gasteiger partial charge is 0.374 e. The fourth-order valence-electron chi connectivity index (χ4n) is 2.30. The monoisotopic (exact) mass is 255 g/mol. The van der Waals surface area contributed by atoms with Crippen molar-refractivity contribution < 1.29 is 9.53 Å². The number of ether oxygens (including phenoxy) is 1. The lowest BCUT2D eigenvalue weighted by atomic mass is 9.76. The first-order chi connectivity index (χ1) is 8.09. The molecule has 1 unspecified atom stereocenters. The number of nitrogens with zero attached hydrogens (tertiary/aromatic N) is 1. The Morgan fingerprint density at radius 3 is 2.33 bits per heavy atom. The first-order valence-electron chi connectivity index (χ1n) is 7.01. The normalized spacial score (nSPS) is 22.4. The summed E-state index contributed by atoms with van der Waals surface area (Å²) in [5, 5.41) is 0. The molecule has 1 saturated heterocycles. The molecule has 1 atom stereocenters. The molecule has 0 radical (unpaired) electrons. The van der Waals surface area contributed by atoms with Gasteiger partial charge < -0.3 is 9.64 Å². The van der Waals surface area contributed by atoms with Gasteiger partial charge in [0.1, 0.15) is 0 Å². The third-order valence-electron chi connectivity index (χ3n) is 3.62. The van der Waals surface area contributed by atoms with Crippen molar-refractivity contribution >= 4 is 5.91 Å². The zero-order valence-corrected chi connectivity index (χ0v) is 12.9. The van der Waals surface area contributed by atoms with E-state index in [1.54, 1.807) is 0 Å². The second-order valence-corrected chi connectivity index (χ2v) is 7.40. The summed E-state index contributed by atoms with van der Waals surface area (Å²) in [6.45, 7) is 15.2. The van der Waals surface area contributed by atoms with Gasteiger partial charge in [0.05, 0.1) is 12.2 Å². The van der Waals surface area contributed by atoms with Gasteiger partial charge in [-0.25, -0.2) is 0 Å². The van der Waals surface area contributed by atoms with Gasteiger partial charge in [-0.1, -0.05) is 20.8 Å². The summed E-state index contributed by atoms with van der Waals surface area (Å²) in [7, 11) is 0. The maximum absolute atomic E-state index is 11.9. The lowest BCUT2D eigenvalue weighted by Crippen LogP contribution is -2.45. The smallest absolute Gasteiger partial charge is 0.222 e. The van der Waals surface area contributed by atoms with Crippen LogP contribution < -0.4 is 0 Å². The summed E-state index contributed by atoms with van der Waals surface area (Å²) in [4.78, 5) is 13.9. The molecule has 1 aliphatic rings. The lowest BCUT2D eigenvalue weighted by Gasteiger charge is -2.39. The van der Waals surface area contributed by atoms with Crippen molar-refractivity contribution in [2.24, 2.45) is 11.3 Å². The average molecular weight is 255 g/mol. The molecule has 0 spiro atoms. The predicted octanol–water partition coefficient (Wildman–Crippen LogP) is 3.09. The molecule has 0 aliphatic carbocycles. The van der Waals surface area contributed by atoms with Crippen LogP contribution in [0.1, 0.15) is 54.4 Å². The number of piperidine rings is 1. The average Bonchev–Trinajstić information content (AvgIpc) is 2.17. The number of hydrogen-bond donors (Lipinski definition) is 0. The van der Waals surface area contributed by atoms with E-state index >= 15 is 0 Å². The van der Waals surface area contributed by atoms with E-state index in [2.05, 4.69) is 20.8 Å². The number of carbonyl (C=O) groups is 1. The lowest BCUT2D eigenvalue weighted by molar-refractivity contribution is -0.138. The molecular weight excluding hydrogens is 226 g/mol. The molecule has 1 fully saturated rings. The van der Waals surface area contributed by atoms with Gasteiger partial charge in [0.2, 0.25) is 5.91 Å². The standard InChI is InChI=1S/C15H29NO2/c1-14(2,3)12-7-8-13(17)16(11-12)9-10-18-15(4,5)6/h12H,7-11H2,1-6H3. The fourth-order valence-corrected chi connectivity index (χ4v) is 2.30. The molecule has 0 saturated carbocycles. The molecule has 0 bridgehead atoms. The molecular formula is C15H29NO2. The maximum atomic E-state index is 11.9. The minimum atomic E-state index is -0.123. The van der Waals surface area contributed by atoms with Crippen molar-refractivity contribution in [2.75, 3.05) is 19.7 Å². The van der Waals surface area contributed by atoms with Crippen molar-refractivity contribution in [1.29, 1.82) is 0 Å². The van der Waals surface area contributed by atoms with Crippen LogP contribution in [-0.4, -0.2) is 36.1 Å². The quantitative estimate of drug-likeness (QED) is 0.775. The third-order valence-corrected chi connectivity index (χ3v) is 3.62. The summed E-state index contributed by atoms with van der Waals surface area (Å²) >= 11 is 0. The number of carbonyl (C=O) groups excluding carboxylic acids is 1. The van der Waals surface area contributed by atoms with Gasteiger partial charge in [-0.05, 0) is 38.5 Å². The van der Waals surface area contributed by atoms with Crippen LogP contribution >= 0.6 is 0 Å². The van der Waals surface area contributed by atoms with Gasteiger partial charge in [0.25, 0.3) is 0 Å². The van der Waals surface area contributed by atoms with Crippen LogP contribution in [-0.2, 0) is 9.53 Å². The molecule has 1 heterocycles. The van der Waals surface area contributed by atoms with E-state index in [-0.39, 0.29) is 16.9 Å². The van der Waals surface area contributed by atoms with Crippen LogP contribution in [0.15, 0.2) is 0 Å². The molecule has 0 aromatic heterocycles. The van der Waals surface area contributed by atoms with Gasteiger partial charge in [0, 0.05) is 19.5 Å². The Hall–Kier alpha value is -0.570. The van der Waals surface area contributed by atoms with Crippen LogP contribution in [0.5, 0.6) is 0 Å². The third kappa shape index (κ3) is 4.97. The molecule has 0 N–H and O–H groups in total. The van der Waals surface area contributed by atoms with Crippen LogP contribution in [0, 0.1) is 11.3 Å². The number of rotatable bonds is 3. The Morgan fingerprint density at radius 2 is 1.83 bits per heavy atom. The van der Waals surface area contributed by atoms with Crippen molar-refractivity contribution in [3.05, 3.63) is 0 Å². The zero-order valence-electron chi connectivity index (χ0n) is 12.9. The topological polar surface area (TPSA) is 29.5 Å². The van der Waals surface area contributed by atoms with Crippen molar-refractivity contribution in [3.63, 3.8) is 0 Å². The Labute approximate surface area is 112 Å². The Bertz CT molecular complexity index is 286. The van der Waals surface area contributed by atoms with E-state index in [9.17, 15) is 4.79 Å². The maximum Gasteiger partial charge on any atom is 0.222 e. The highest BCUT2D eigenvalue weighted by atomic mass is 16.5. The molecule has 1 rings (SSSR count). The molecule has 3 heteroatoms. The summed E-state index contributed by atoms with van der Waals surface area (Å²) in [5.41, 5.74) is 0.159. The predicted molar refractivity (Wildman–Crippen MR) is 74.5 cm³/mol. The van der Waals surface area contributed by atoms with Gasteiger partial charge in [-0.3, -0.25) is 4.79 Å². The highest BCUT2D eigenvalue weighted by molar-refractivity contribution is 5.76. The highest BCUT2D eigenvalue weighted by Gasteiger charge is 2.32. The molecule has 1 aliphatic heterocycles. The fraction of sp³-hybridized carbons (Fsp3) is 0.933. The van der Waals surface area contributed by atoms with E-state index in [0.717, 1.165) is 19.5 Å². The van der Waals surface area contributed by atoms with Gasteiger partial charge >= 0.3 is 0 Å². The number of hydrogen-bond acceptors (Lipinski definition) is 2. The molecule has 18 heavy (non-hydrogen) atoms. The summed E-state index contributed by atoms with van der Waals surface area (Å²) < 4.78 is 5.71. The van der Waals surface area contributed by atoms with Gasteiger partial charge in [-0.2, -0.15) is 0 Å². The minimum absolute atomic E-state index is 0.123. The Balaban J connectivity index is 2.46. The molecule has 1 amide bonds. The Kier molecular flexibility index (Phi) is 4.82. The van der Waals surface area contributed by atoms with Crippen molar-refractivity contribution in [2.45, 2.75) is 60.0 Å². The van der Waals surface area contributed by atoms with E-state index in [1.807, 2.05) is 25.7 Å². The van der Waals surface area contributed by atoms with Crippen LogP contribution in [0.3, 0.4) is 0 Å². The summed E-state index contributed by atoms with van der Waals surface area (Å²) in [6.07, 6.45) is 1.72. The first-order valence-corrected chi connectivity index (χ1v) is 7.01. The van der Waals surface area contributed by atoms with E-state index < -0.39 is 0 Å². The van der Waals surface area contributed by atoms with Crippen LogP contribution in [0.4, 0.5) is 0 Å². The SMILES string of the molecule is CC(C)(C)OCCN1CC(C(C)(C)C)CCC1=O. The number of likely N-dealkylation sites (tertiary alicyclic amines) is 1. The van der Waals surface area contributed by atoms with Crippen molar-refractivity contribution in [1.82, 2.24) is 4.90 Å². The van der Waals surface area contributed by atoms with Crippen LogP contribution in [0.2, 0.25) is 0 Å². The molecule has 0 aromatic carbocycles. The molecule has 106 valence electrons. The van der Waals surface area contributed by atoms with E-state index in [1.165, 1.54) is 0 Å². The van der Waals surface area contributed by atoms with E-state index in [4.69, 9.17) is 4.74 Å². The summed E-state index contributed by atoms with van der Waals surface area (Å²) in [6, 6.07) is 0. The molecule has 0 aromatic rings. The Morgan fingerprint density at radius 1 is 1.22 bits per heavy atom. The summed E-state index contributed by atoms with van der Waals surface area (Å²) in [5.74, 6) is 0.887. The minimum Gasteiger partial charge on any atom is -0.374 e. The van der Waals surface area contributed by atoms with E-state index in [0.29, 0.717) is 18.9 Å².